The number of aldehydes is 1. The molecule has 4 aliphatic carbocycles. The van der Waals surface area contributed by atoms with Crippen LogP contribution in [0.15, 0.2) is 36.5 Å². The lowest BCUT2D eigenvalue weighted by Gasteiger charge is -2.58. The van der Waals surface area contributed by atoms with Gasteiger partial charge in [0.15, 0.2) is 25.8 Å². The molecule has 2 aromatic rings. The molecule has 4 aliphatic rings. The van der Waals surface area contributed by atoms with E-state index in [1.807, 2.05) is 12.1 Å². The molecule has 0 saturated heterocycles. The van der Waals surface area contributed by atoms with Gasteiger partial charge in [0.05, 0.1) is 5.69 Å². The first-order chi connectivity index (χ1) is 16.4. The SMILES string of the molecule is C[SiH2]OC(O[SiH2]C)C(C)(C)c1ccc(-c2ccc(C=O)cn2)cc1C12CC3CC(CC(C3)C1)C2. The Labute approximate surface area is 209 Å². The first kappa shape index (κ1) is 24.1. The van der Waals surface area contributed by atoms with Crippen LogP contribution in [0.5, 0.6) is 0 Å². The molecule has 0 spiro atoms. The third-order valence-electron chi connectivity index (χ3n) is 8.77. The third-order valence-corrected chi connectivity index (χ3v) is 10.0. The van der Waals surface area contributed by atoms with E-state index in [9.17, 15) is 4.79 Å². The van der Waals surface area contributed by atoms with Gasteiger partial charge in [-0.25, -0.2) is 0 Å². The van der Waals surface area contributed by atoms with Crippen LogP contribution in [0, 0.1) is 17.8 Å². The molecule has 6 rings (SSSR count). The van der Waals surface area contributed by atoms with Crippen molar-refractivity contribution in [2.75, 3.05) is 0 Å². The zero-order valence-corrected chi connectivity index (χ0v) is 24.0. The second-order valence-electron chi connectivity index (χ2n) is 11.5. The average molecular weight is 494 g/mol. The molecule has 4 bridgehead atoms. The van der Waals surface area contributed by atoms with Crippen molar-refractivity contribution in [1.82, 2.24) is 4.98 Å². The second kappa shape index (κ2) is 9.45. The summed E-state index contributed by atoms with van der Waals surface area (Å²) in [5.41, 5.74) is 5.67. The van der Waals surface area contributed by atoms with Crippen molar-refractivity contribution in [3.05, 3.63) is 53.2 Å². The molecule has 1 heterocycles. The highest BCUT2D eigenvalue weighted by Gasteiger charge is 2.53. The number of carbonyl (C=O) groups is 1. The normalized spacial score (nSPS) is 29.5. The van der Waals surface area contributed by atoms with Crippen LogP contribution in [-0.2, 0) is 19.7 Å². The number of pyridine rings is 1. The topological polar surface area (TPSA) is 48.4 Å². The molecule has 1 aromatic heterocycles. The van der Waals surface area contributed by atoms with E-state index in [0.29, 0.717) is 5.56 Å². The van der Waals surface area contributed by atoms with Gasteiger partial charge in [-0.05, 0) is 91.0 Å². The van der Waals surface area contributed by atoms with Gasteiger partial charge in [0.1, 0.15) is 6.29 Å². The smallest absolute Gasteiger partial charge is 0.161 e. The molecule has 34 heavy (non-hydrogen) atoms. The standard InChI is InChI=1S/C28H39NO3Si2/c1-27(2,26(31-33-3)32-34-4)23-7-6-22(25-8-5-18(17-30)16-29-25)12-24(23)28-13-19-9-20(14-28)11-21(10-19)15-28/h5-8,12,16-17,19-21,26H,9-11,13-15,33-34H2,1-4H3. The fraction of sp³-hybridized carbons (Fsp3) is 0.571. The Balaban J connectivity index is 1.63. The van der Waals surface area contributed by atoms with E-state index in [2.05, 4.69) is 50.1 Å². The summed E-state index contributed by atoms with van der Waals surface area (Å²) in [4.78, 5) is 15.8. The second-order valence-corrected chi connectivity index (χ2v) is 13.3. The van der Waals surface area contributed by atoms with E-state index >= 15 is 0 Å². The zero-order chi connectivity index (χ0) is 23.9. The van der Waals surface area contributed by atoms with E-state index in [1.165, 1.54) is 49.7 Å². The molecule has 0 amide bonds. The van der Waals surface area contributed by atoms with Crippen molar-refractivity contribution in [3.8, 4) is 11.3 Å². The minimum Gasteiger partial charge on any atom is -0.400 e. The van der Waals surface area contributed by atoms with Crippen molar-refractivity contribution in [1.29, 1.82) is 0 Å². The van der Waals surface area contributed by atoms with E-state index in [-0.39, 0.29) is 17.1 Å². The van der Waals surface area contributed by atoms with Crippen LogP contribution in [0.2, 0.25) is 13.1 Å². The highest BCUT2D eigenvalue weighted by molar-refractivity contribution is 6.26. The highest BCUT2D eigenvalue weighted by Crippen LogP contribution is 2.62. The first-order valence-corrected chi connectivity index (χ1v) is 17.2. The molecule has 0 radical (unpaired) electrons. The summed E-state index contributed by atoms with van der Waals surface area (Å²) in [5.74, 6) is 2.64. The molecule has 4 fully saturated rings. The number of aromatic nitrogens is 1. The van der Waals surface area contributed by atoms with Crippen molar-refractivity contribution in [2.24, 2.45) is 17.8 Å². The van der Waals surface area contributed by atoms with Crippen LogP contribution in [0.3, 0.4) is 0 Å². The molecule has 1 aromatic carbocycles. The molecule has 0 N–H and O–H groups in total. The fourth-order valence-electron chi connectivity index (χ4n) is 7.69. The van der Waals surface area contributed by atoms with Crippen LogP contribution in [0.4, 0.5) is 0 Å². The van der Waals surface area contributed by atoms with Gasteiger partial charge in [-0.1, -0.05) is 39.1 Å². The van der Waals surface area contributed by atoms with Crippen LogP contribution >= 0.6 is 0 Å². The monoisotopic (exact) mass is 493 g/mol. The number of rotatable bonds is 9. The number of hydrogen-bond donors (Lipinski definition) is 0. The van der Waals surface area contributed by atoms with E-state index in [1.54, 1.807) is 6.20 Å². The molecule has 6 heteroatoms. The number of benzene rings is 1. The van der Waals surface area contributed by atoms with Crippen molar-refractivity contribution >= 4 is 25.8 Å². The Morgan fingerprint density at radius 1 is 1.00 bits per heavy atom. The Bertz CT molecular complexity index is 995. The van der Waals surface area contributed by atoms with Gasteiger partial charge in [0, 0.05) is 22.7 Å². The van der Waals surface area contributed by atoms with Crippen molar-refractivity contribution in [3.63, 3.8) is 0 Å². The molecule has 182 valence electrons. The van der Waals surface area contributed by atoms with Gasteiger partial charge < -0.3 is 8.85 Å². The molecule has 4 saturated carbocycles. The predicted molar refractivity (Wildman–Crippen MR) is 143 cm³/mol. The first-order valence-electron chi connectivity index (χ1n) is 13.2. The van der Waals surface area contributed by atoms with Crippen molar-refractivity contribution in [2.45, 2.75) is 82.6 Å². The summed E-state index contributed by atoms with van der Waals surface area (Å²) in [6.45, 7) is 9.03. The molecule has 0 atom stereocenters. The van der Waals surface area contributed by atoms with Crippen LogP contribution in [-0.4, -0.2) is 37.1 Å². The summed E-state index contributed by atoms with van der Waals surface area (Å²) in [6.07, 6.45) is 10.6. The Hall–Kier alpha value is -1.61. The van der Waals surface area contributed by atoms with Gasteiger partial charge >= 0.3 is 0 Å². The Kier molecular flexibility index (Phi) is 6.70. The highest BCUT2D eigenvalue weighted by atomic mass is 28.2. The number of carbonyl (C=O) groups excluding carboxylic acids is 1. The minimum atomic E-state index is -0.590. The lowest BCUT2D eigenvalue weighted by Crippen LogP contribution is -2.50. The summed E-state index contributed by atoms with van der Waals surface area (Å²) in [7, 11) is -1.18. The average Bonchev–Trinajstić information content (AvgIpc) is 2.83. The predicted octanol–water partition coefficient (Wildman–Crippen LogP) is 4.93. The summed E-state index contributed by atoms with van der Waals surface area (Å²) in [6, 6.07) is 10.8. The maximum Gasteiger partial charge on any atom is 0.161 e. The fourth-order valence-corrected chi connectivity index (χ4v) is 9.51. The van der Waals surface area contributed by atoms with Crippen molar-refractivity contribution < 1.29 is 13.6 Å². The van der Waals surface area contributed by atoms with Gasteiger partial charge in [0.25, 0.3) is 0 Å². The van der Waals surface area contributed by atoms with E-state index in [0.717, 1.165) is 35.3 Å². The Morgan fingerprint density at radius 2 is 1.62 bits per heavy atom. The van der Waals surface area contributed by atoms with Gasteiger partial charge in [-0.15, -0.1) is 0 Å². The van der Waals surface area contributed by atoms with Gasteiger partial charge in [0.2, 0.25) is 0 Å². The lowest BCUT2D eigenvalue weighted by molar-refractivity contribution is -0.0459. The van der Waals surface area contributed by atoms with Crippen LogP contribution < -0.4 is 0 Å². The Morgan fingerprint density at radius 3 is 2.12 bits per heavy atom. The largest absolute Gasteiger partial charge is 0.400 e. The zero-order valence-electron chi connectivity index (χ0n) is 21.2. The van der Waals surface area contributed by atoms with E-state index in [4.69, 9.17) is 8.85 Å². The third kappa shape index (κ3) is 4.27. The molecule has 4 nitrogen and oxygen atoms in total. The number of hydrogen-bond acceptors (Lipinski definition) is 4. The van der Waals surface area contributed by atoms with Crippen LogP contribution in [0.1, 0.15) is 73.9 Å². The minimum absolute atomic E-state index is 0.163. The number of nitrogens with zero attached hydrogens (tertiary/aromatic N) is 1. The van der Waals surface area contributed by atoms with Gasteiger partial charge in [-0.3, -0.25) is 9.78 Å². The maximum absolute atomic E-state index is 11.1. The van der Waals surface area contributed by atoms with Gasteiger partial charge in [-0.2, -0.15) is 0 Å². The summed E-state index contributed by atoms with van der Waals surface area (Å²) >= 11 is 0. The quantitative estimate of drug-likeness (QED) is 0.282. The maximum atomic E-state index is 11.1. The molecule has 0 aliphatic heterocycles. The molecular formula is C28H39NO3Si2. The summed E-state index contributed by atoms with van der Waals surface area (Å²) < 4.78 is 12.6. The lowest BCUT2D eigenvalue weighted by atomic mass is 9.47. The molecular weight excluding hydrogens is 454 g/mol. The van der Waals surface area contributed by atoms with Crippen LogP contribution in [0.25, 0.3) is 11.3 Å². The van der Waals surface area contributed by atoms with E-state index < -0.39 is 19.5 Å². The summed E-state index contributed by atoms with van der Waals surface area (Å²) in [5, 5.41) is 0. The molecule has 0 unspecified atom stereocenters.